The second-order valence-corrected chi connectivity index (χ2v) is 9.03. The first kappa shape index (κ1) is 23.2. The van der Waals surface area contributed by atoms with Crippen molar-refractivity contribution < 1.29 is 9.18 Å². The smallest absolute Gasteiger partial charge is 0.221 e. The van der Waals surface area contributed by atoms with Gasteiger partial charge in [-0.3, -0.25) is 4.79 Å². The van der Waals surface area contributed by atoms with Crippen molar-refractivity contribution in [1.29, 1.82) is 0 Å². The van der Waals surface area contributed by atoms with E-state index in [1.54, 1.807) is 6.07 Å². The highest BCUT2D eigenvalue weighted by atomic mass is 19.1. The summed E-state index contributed by atoms with van der Waals surface area (Å²) in [6, 6.07) is 18.7. The average Bonchev–Trinajstić information content (AvgIpc) is 3.22. The number of nitrogens with one attached hydrogen (secondary N) is 2. The quantitative estimate of drug-likeness (QED) is 0.413. The third-order valence-electron chi connectivity index (χ3n) is 6.41. The molecule has 0 saturated carbocycles. The van der Waals surface area contributed by atoms with Crippen LogP contribution in [0.15, 0.2) is 66.9 Å². The summed E-state index contributed by atoms with van der Waals surface area (Å²) in [4.78, 5) is 19.0. The Morgan fingerprint density at radius 2 is 1.89 bits per heavy atom. The van der Waals surface area contributed by atoms with Gasteiger partial charge >= 0.3 is 0 Å². The molecule has 0 aliphatic carbocycles. The molecule has 180 valence electrons. The van der Waals surface area contributed by atoms with Crippen LogP contribution in [0.3, 0.4) is 0 Å². The molecule has 0 bridgehead atoms. The van der Waals surface area contributed by atoms with Gasteiger partial charge in [0.05, 0.1) is 5.69 Å². The molecule has 1 fully saturated rings. The number of carbonyl (C=O) groups is 1. The lowest BCUT2D eigenvalue weighted by Gasteiger charge is -2.26. The van der Waals surface area contributed by atoms with Crippen molar-refractivity contribution in [2.45, 2.75) is 19.8 Å². The van der Waals surface area contributed by atoms with Crippen molar-refractivity contribution in [3.05, 3.63) is 78.2 Å². The molecule has 5 rings (SSSR count). The zero-order chi connectivity index (χ0) is 24.2. The maximum absolute atomic E-state index is 14.3. The van der Waals surface area contributed by atoms with Gasteiger partial charge in [-0.2, -0.15) is 0 Å². The summed E-state index contributed by atoms with van der Waals surface area (Å²) >= 11 is 0. The minimum atomic E-state index is -0.416. The second-order valence-electron chi connectivity index (χ2n) is 9.03. The molecular weight excluding hydrogens is 441 g/mol. The zero-order valence-corrected chi connectivity index (χ0v) is 19.9. The van der Waals surface area contributed by atoms with Gasteiger partial charge in [-0.25, -0.2) is 9.37 Å². The largest absolute Gasteiger partial charge is 0.326 e. The third kappa shape index (κ3) is 5.42. The Kier molecular flexibility index (Phi) is 6.88. The van der Waals surface area contributed by atoms with Crippen LogP contribution < -0.4 is 10.6 Å². The van der Waals surface area contributed by atoms with Crippen LogP contribution in [-0.4, -0.2) is 53.1 Å². The van der Waals surface area contributed by atoms with E-state index in [0.29, 0.717) is 16.9 Å². The summed E-state index contributed by atoms with van der Waals surface area (Å²) in [5, 5.41) is 7.18. The lowest BCUT2D eigenvalue weighted by Crippen LogP contribution is -2.43. The number of pyridine rings is 1. The molecule has 7 heteroatoms. The number of aromatic nitrogens is 2. The average molecular weight is 472 g/mol. The highest BCUT2D eigenvalue weighted by molar-refractivity contribution is 5.90. The number of benzene rings is 2. The van der Waals surface area contributed by atoms with Gasteiger partial charge < -0.3 is 20.1 Å². The molecule has 0 atom stereocenters. The number of nitrogens with zero attached hydrogens (tertiary/aromatic N) is 3. The van der Waals surface area contributed by atoms with Crippen LogP contribution in [0.25, 0.3) is 28.0 Å². The van der Waals surface area contributed by atoms with Crippen LogP contribution in [-0.2, 0) is 11.2 Å². The lowest BCUT2D eigenvalue weighted by molar-refractivity contribution is -0.114. The number of aryl methyl sites for hydroxylation is 1. The van der Waals surface area contributed by atoms with Crippen LogP contribution in [0.4, 0.5) is 10.1 Å². The Hall–Kier alpha value is -3.55. The van der Waals surface area contributed by atoms with Crippen LogP contribution in [0.2, 0.25) is 0 Å². The van der Waals surface area contributed by atoms with Gasteiger partial charge in [0, 0.05) is 61.6 Å². The zero-order valence-electron chi connectivity index (χ0n) is 19.9. The van der Waals surface area contributed by atoms with Crippen molar-refractivity contribution in [3.63, 3.8) is 0 Å². The fourth-order valence-electron chi connectivity index (χ4n) is 4.76. The van der Waals surface area contributed by atoms with E-state index < -0.39 is 5.82 Å². The minimum Gasteiger partial charge on any atom is -0.326 e. The predicted molar refractivity (Wildman–Crippen MR) is 138 cm³/mol. The molecular formula is C28H30FN5O. The molecule has 1 amide bonds. The van der Waals surface area contributed by atoms with Crippen LogP contribution in [0.1, 0.15) is 18.9 Å². The summed E-state index contributed by atoms with van der Waals surface area (Å²) in [5.41, 5.74) is 4.84. The van der Waals surface area contributed by atoms with Crippen LogP contribution in [0.5, 0.6) is 0 Å². The molecule has 1 saturated heterocycles. The molecule has 2 aromatic carbocycles. The lowest BCUT2D eigenvalue weighted by atomic mass is 10.1. The standard InChI is InChI=1S/C28H30FN5O/c1-20(35)31-24-17-22(16-23(29)18-24)27-10-9-26-21(6-5-13-33-14-11-30-12-15-33)19-34(28(26)32-27)25-7-3-2-4-8-25/h2-4,7-10,16-19,30H,5-6,11-15H2,1H3,(H,31,35). The molecule has 35 heavy (non-hydrogen) atoms. The normalized spacial score (nSPS) is 14.3. The fraction of sp³-hybridized carbons (Fsp3) is 0.286. The van der Waals surface area contributed by atoms with Gasteiger partial charge in [0.25, 0.3) is 0 Å². The van der Waals surface area contributed by atoms with E-state index in [1.807, 2.05) is 24.3 Å². The Balaban J connectivity index is 1.50. The van der Waals surface area contributed by atoms with Crippen molar-refractivity contribution >= 4 is 22.6 Å². The predicted octanol–water partition coefficient (Wildman–Crippen LogP) is 4.63. The SMILES string of the molecule is CC(=O)Nc1cc(F)cc(-c2ccc3c(CCCN4CCNCC4)cn(-c4ccccc4)c3n2)c1. The minimum absolute atomic E-state index is 0.242. The Morgan fingerprint density at radius 1 is 1.09 bits per heavy atom. The van der Waals surface area contributed by atoms with Crippen molar-refractivity contribution in [2.24, 2.45) is 0 Å². The topological polar surface area (TPSA) is 62.2 Å². The number of para-hydroxylation sites is 1. The summed E-state index contributed by atoms with van der Waals surface area (Å²) in [6.07, 6.45) is 4.23. The maximum atomic E-state index is 14.3. The molecule has 0 unspecified atom stereocenters. The van der Waals surface area contributed by atoms with Crippen molar-refractivity contribution in [1.82, 2.24) is 19.8 Å². The number of anilines is 1. The molecule has 1 aliphatic rings. The summed E-state index contributed by atoms with van der Waals surface area (Å²) in [6.45, 7) is 6.81. The summed E-state index contributed by atoms with van der Waals surface area (Å²) in [5.74, 6) is -0.659. The Bertz CT molecular complexity index is 1330. The number of fused-ring (bicyclic) bond motifs is 1. The van der Waals surface area contributed by atoms with Gasteiger partial charge in [0.2, 0.25) is 5.91 Å². The Labute approximate surface area is 204 Å². The first-order valence-corrected chi connectivity index (χ1v) is 12.1. The van der Waals surface area contributed by atoms with E-state index in [-0.39, 0.29) is 5.91 Å². The number of rotatable bonds is 7. The molecule has 3 heterocycles. The molecule has 1 aliphatic heterocycles. The molecule has 4 aromatic rings. The number of piperazine rings is 1. The van der Waals surface area contributed by atoms with Gasteiger partial charge in [0.15, 0.2) is 0 Å². The van der Waals surface area contributed by atoms with Gasteiger partial charge in [-0.15, -0.1) is 0 Å². The van der Waals surface area contributed by atoms with E-state index in [1.165, 1.54) is 24.6 Å². The molecule has 2 N–H and O–H groups in total. The van der Waals surface area contributed by atoms with Crippen molar-refractivity contribution in [3.8, 4) is 16.9 Å². The fourth-order valence-corrected chi connectivity index (χ4v) is 4.76. The van der Waals surface area contributed by atoms with E-state index in [0.717, 1.165) is 62.3 Å². The molecule has 2 aromatic heterocycles. The van der Waals surface area contributed by atoms with Crippen molar-refractivity contribution in [2.75, 3.05) is 38.0 Å². The van der Waals surface area contributed by atoms with Gasteiger partial charge in [0.1, 0.15) is 11.5 Å². The molecule has 6 nitrogen and oxygen atoms in total. The first-order valence-electron chi connectivity index (χ1n) is 12.1. The van der Waals surface area contributed by atoms with Gasteiger partial charge in [-0.1, -0.05) is 18.2 Å². The van der Waals surface area contributed by atoms with Gasteiger partial charge in [-0.05, 0) is 67.4 Å². The number of carbonyl (C=O) groups excluding carboxylic acids is 1. The van der Waals surface area contributed by atoms with Crippen LogP contribution >= 0.6 is 0 Å². The monoisotopic (exact) mass is 471 g/mol. The molecule has 0 radical (unpaired) electrons. The second kappa shape index (κ2) is 10.4. The van der Waals surface area contributed by atoms with E-state index in [2.05, 4.69) is 44.5 Å². The first-order chi connectivity index (χ1) is 17.1. The number of amides is 1. The summed E-state index contributed by atoms with van der Waals surface area (Å²) in [7, 11) is 0. The molecule has 0 spiro atoms. The van der Waals surface area contributed by atoms with E-state index in [9.17, 15) is 9.18 Å². The summed E-state index contributed by atoms with van der Waals surface area (Å²) < 4.78 is 16.4. The van der Waals surface area contributed by atoms with Crippen LogP contribution in [0, 0.1) is 5.82 Å². The van der Waals surface area contributed by atoms with E-state index in [4.69, 9.17) is 4.98 Å². The number of hydrogen-bond donors (Lipinski definition) is 2. The Morgan fingerprint density at radius 3 is 2.66 bits per heavy atom. The highest BCUT2D eigenvalue weighted by Gasteiger charge is 2.15. The van der Waals surface area contributed by atoms with E-state index >= 15 is 0 Å². The third-order valence-corrected chi connectivity index (χ3v) is 6.41. The number of halogens is 1. The number of hydrogen-bond acceptors (Lipinski definition) is 4. The highest BCUT2D eigenvalue weighted by Crippen LogP contribution is 2.29. The maximum Gasteiger partial charge on any atom is 0.221 e.